The lowest BCUT2D eigenvalue weighted by Gasteiger charge is -2.27. The van der Waals surface area contributed by atoms with Crippen molar-refractivity contribution in [1.82, 2.24) is 29.4 Å². The number of fused-ring (bicyclic) bond motifs is 3. The van der Waals surface area contributed by atoms with Crippen LogP contribution in [0.15, 0.2) is 34.4 Å². The van der Waals surface area contributed by atoms with Crippen LogP contribution in [-0.4, -0.2) is 55.7 Å². The lowest BCUT2D eigenvalue weighted by molar-refractivity contribution is 0.121. The SMILES string of the molecule is CCn1c(Sc2nc3c(Cl)c(C)nn3c3ccccc23)nnc1N1CCOCC1. The van der Waals surface area contributed by atoms with Crippen molar-refractivity contribution in [3.8, 4) is 0 Å². The summed E-state index contributed by atoms with van der Waals surface area (Å²) in [6, 6.07) is 8.07. The summed E-state index contributed by atoms with van der Waals surface area (Å²) in [7, 11) is 0. The number of para-hydroxylation sites is 1. The predicted octanol–water partition coefficient (Wildman–Crippen LogP) is 3.44. The molecule has 0 radical (unpaired) electrons. The maximum Gasteiger partial charge on any atom is 0.228 e. The second-order valence-electron chi connectivity index (χ2n) is 6.80. The molecule has 4 heterocycles. The average molecular weight is 430 g/mol. The number of nitrogens with zero attached hydrogens (tertiary/aromatic N) is 7. The number of morpholine rings is 1. The fraction of sp³-hybridized carbons (Fsp3) is 0.368. The highest BCUT2D eigenvalue weighted by Crippen LogP contribution is 2.35. The van der Waals surface area contributed by atoms with Gasteiger partial charge in [0.2, 0.25) is 5.95 Å². The van der Waals surface area contributed by atoms with Crippen molar-refractivity contribution < 1.29 is 4.74 Å². The zero-order chi connectivity index (χ0) is 20.0. The smallest absolute Gasteiger partial charge is 0.228 e. The van der Waals surface area contributed by atoms with Gasteiger partial charge in [-0.1, -0.05) is 29.8 Å². The van der Waals surface area contributed by atoms with Gasteiger partial charge in [0.05, 0.1) is 24.4 Å². The zero-order valence-corrected chi connectivity index (χ0v) is 17.7. The lowest BCUT2D eigenvalue weighted by atomic mass is 10.2. The van der Waals surface area contributed by atoms with Gasteiger partial charge in [-0.15, -0.1) is 10.2 Å². The molecule has 8 nitrogen and oxygen atoms in total. The maximum atomic E-state index is 6.47. The lowest BCUT2D eigenvalue weighted by Crippen LogP contribution is -2.38. The molecule has 0 bridgehead atoms. The first-order valence-electron chi connectivity index (χ1n) is 9.54. The van der Waals surface area contributed by atoms with Crippen LogP contribution in [0.3, 0.4) is 0 Å². The third-order valence-electron chi connectivity index (χ3n) is 5.03. The predicted molar refractivity (Wildman–Crippen MR) is 113 cm³/mol. The van der Waals surface area contributed by atoms with Crippen LogP contribution in [0.25, 0.3) is 16.6 Å². The quantitative estimate of drug-likeness (QED) is 0.460. The molecule has 1 aliphatic rings. The number of hydrogen-bond acceptors (Lipinski definition) is 7. The minimum atomic E-state index is 0.573. The summed E-state index contributed by atoms with van der Waals surface area (Å²) in [5.74, 6) is 0.877. The second kappa shape index (κ2) is 7.47. The zero-order valence-electron chi connectivity index (χ0n) is 16.2. The van der Waals surface area contributed by atoms with E-state index < -0.39 is 0 Å². The molecule has 10 heteroatoms. The molecule has 1 aromatic carbocycles. The molecule has 0 unspecified atom stereocenters. The number of aromatic nitrogens is 6. The van der Waals surface area contributed by atoms with Crippen LogP contribution in [0.2, 0.25) is 5.02 Å². The van der Waals surface area contributed by atoms with Crippen LogP contribution < -0.4 is 4.90 Å². The molecular formula is C19H20ClN7OS. The number of anilines is 1. The Morgan fingerprint density at radius 3 is 2.76 bits per heavy atom. The number of benzene rings is 1. The van der Waals surface area contributed by atoms with Crippen molar-refractivity contribution in [1.29, 1.82) is 0 Å². The molecule has 4 aromatic rings. The molecule has 0 atom stereocenters. The molecule has 29 heavy (non-hydrogen) atoms. The molecule has 0 N–H and O–H groups in total. The summed E-state index contributed by atoms with van der Waals surface area (Å²) in [6.45, 7) is 7.82. The fourth-order valence-corrected chi connectivity index (χ4v) is 4.70. The average Bonchev–Trinajstić information content (AvgIpc) is 3.30. The van der Waals surface area contributed by atoms with E-state index in [0.29, 0.717) is 23.9 Å². The topological polar surface area (TPSA) is 73.4 Å². The van der Waals surface area contributed by atoms with E-state index in [1.165, 1.54) is 11.8 Å². The van der Waals surface area contributed by atoms with Crippen LogP contribution >= 0.6 is 23.4 Å². The summed E-state index contributed by atoms with van der Waals surface area (Å²) in [5, 5.41) is 16.7. The van der Waals surface area contributed by atoms with Crippen molar-refractivity contribution in [2.75, 3.05) is 31.2 Å². The van der Waals surface area contributed by atoms with E-state index in [-0.39, 0.29) is 0 Å². The van der Waals surface area contributed by atoms with Gasteiger partial charge in [0.15, 0.2) is 10.8 Å². The van der Waals surface area contributed by atoms with E-state index in [1.54, 1.807) is 4.52 Å². The summed E-state index contributed by atoms with van der Waals surface area (Å²) >= 11 is 7.98. The molecule has 1 aliphatic heterocycles. The molecule has 0 spiro atoms. The van der Waals surface area contributed by atoms with Gasteiger partial charge in [-0.2, -0.15) is 5.10 Å². The first-order chi connectivity index (χ1) is 14.2. The summed E-state index contributed by atoms with van der Waals surface area (Å²) in [4.78, 5) is 7.05. The van der Waals surface area contributed by atoms with Crippen LogP contribution in [0.5, 0.6) is 0 Å². The van der Waals surface area contributed by atoms with Gasteiger partial charge in [-0.05, 0) is 31.7 Å². The third kappa shape index (κ3) is 3.13. The van der Waals surface area contributed by atoms with Gasteiger partial charge in [0, 0.05) is 25.0 Å². The van der Waals surface area contributed by atoms with Gasteiger partial charge in [0.1, 0.15) is 10.0 Å². The van der Waals surface area contributed by atoms with Crippen LogP contribution in [0, 0.1) is 6.92 Å². The molecule has 1 fully saturated rings. The van der Waals surface area contributed by atoms with Gasteiger partial charge in [-0.3, -0.25) is 4.57 Å². The number of aryl methyl sites for hydroxylation is 1. The molecule has 5 rings (SSSR count). The summed E-state index contributed by atoms with van der Waals surface area (Å²) in [6.07, 6.45) is 0. The van der Waals surface area contributed by atoms with Crippen molar-refractivity contribution >= 4 is 45.9 Å². The number of rotatable bonds is 4. The highest BCUT2D eigenvalue weighted by atomic mass is 35.5. The summed E-state index contributed by atoms with van der Waals surface area (Å²) in [5.41, 5.74) is 2.38. The Morgan fingerprint density at radius 1 is 1.17 bits per heavy atom. The Morgan fingerprint density at radius 2 is 1.97 bits per heavy atom. The first kappa shape index (κ1) is 18.7. The van der Waals surface area contributed by atoms with Crippen molar-refractivity contribution in [3.05, 3.63) is 35.0 Å². The molecule has 3 aromatic heterocycles. The van der Waals surface area contributed by atoms with Crippen LogP contribution in [0.1, 0.15) is 12.6 Å². The van der Waals surface area contributed by atoms with Gasteiger partial charge in [-0.25, -0.2) is 9.50 Å². The Bertz CT molecular complexity index is 1200. The molecule has 0 amide bonds. The Labute approximate surface area is 176 Å². The number of halogens is 1. The van der Waals surface area contributed by atoms with Gasteiger partial charge < -0.3 is 9.64 Å². The third-order valence-corrected chi connectivity index (χ3v) is 6.46. The van der Waals surface area contributed by atoms with Crippen molar-refractivity contribution in [3.63, 3.8) is 0 Å². The molecule has 1 saturated heterocycles. The second-order valence-corrected chi connectivity index (χ2v) is 8.13. The molecule has 0 saturated carbocycles. The molecular weight excluding hydrogens is 410 g/mol. The van der Waals surface area contributed by atoms with E-state index in [4.69, 9.17) is 21.3 Å². The van der Waals surface area contributed by atoms with Gasteiger partial charge >= 0.3 is 0 Å². The monoisotopic (exact) mass is 429 g/mol. The Kier molecular flexibility index (Phi) is 4.81. The summed E-state index contributed by atoms with van der Waals surface area (Å²) < 4.78 is 9.40. The Balaban J connectivity index is 1.61. The van der Waals surface area contributed by atoms with E-state index in [9.17, 15) is 0 Å². The largest absolute Gasteiger partial charge is 0.378 e. The highest BCUT2D eigenvalue weighted by Gasteiger charge is 2.22. The minimum absolute atomic E-state index is 0.573. The maximum absolute atomic E-state index is 6.47. The highest BCUT2D eigenvalue weighted by molar-refractivity contribution is 7.99. The van der Waals surface area contributed by atoms with E-state index in [2.05, 4.69) is 31.7 Å². The fourth-order valence-electron chi connectivity index (χ4n) is 3.55. The Hall–Kier alpha value is -2.36. The molecule has 150 valence electrons. The number of hydrogen-bond donors (Lipinski definition) is 0. The first-order valence-corrected chi connectivity index (χ1v) is 10.7. The minimum Gasteiger partial charge on any atom is -0.378 e. The number of ether oxygens (including phenoxy) is 1. The normalized spacial score (nSPS) is 14.9. The van der Waals surface area contributed by atoms with E-state index >= 15 is 0 Å². The van der Waals surface area contributed by atoms with Crippen molar-refractivity contribution in [2.24, 2.45) is 0 Å². The van der Waals surface area contributed by atoms with Crippen LogP contribution in [-0.2, 0) is 11.3 Å². The van der Waals surface area contributed by atoms with E-state index in [1.807, 2.05) is 31.2 Å². The molecule has 0 aliphatic carbocycles. The standard InChI is InChI=1S/C19H20ClN7OS/c1-3-26-18(25-8-10-28-11-9-25)22-23-19(26)29-17-13-6-4-5-7-14(13)27-16(21-17)15(20)12(2)24-27/h4-7H,3,8-11H2,1-2H3. The van der Waals surface area contributed by atoms with Crippen LogP contribution in [0.4, 0.5) is 5.95 Å². The van der Waals surface area contributed by atoms with E-state index in [0.717, 1.165) is 52.4 Å². The van der Waals surface area contributed by atoms with Gasteiger partial charge in [0.25, 0.3) is 0 Å². The van der Waals surface area contributed by atoms with Crippen molar-refractivity contribution in [2.45, 2.75) is 30.6 Å².